The Kier molecular flexibility index (Phi) is 7.33. The van der Waals surface area contributed by atoms with Crippen LogP contribution < -0.4 is 10.4 Å². The minimum absolute atomic E-state index is 0.0155. The topological polar surface area (TPSA) is 91.3 Å². The second-order valence-corrected chi connectivity index (χ2v) is 7.82. The summed E-state index contributed by atoms with van der Waals surface area (Å²) in [5.41, 5.74) is 4.51. The molecule has 0 radical (unpaired) electrons. The van der Waals surface area contributed by atoms with E-state index in [0.717, 1.165) is 23.6 Å². The van der Waals surface area contributed by atoms with Crippen LogP contribution in [0.25, 0.3) is 5.57 Å². The van der Waals surface area contributed by atoms with Crippen LogP contribution in [0.2, 0.25) is 0 Å². The number of carbonyl (C=O) groups excluding carboxylic acids is 2. The molecule has 0 atom stereocenters. The molecule has 0 bridgehead atoms. The molecule has 0 aromatic heterocycles. The molecule has 2 aromatic carbocycles. The van der Waals surface area contributed by atoms with E-state index in [1.807, 2.05) is 30.3 Å². The standard InChI is InChI=1S/C24H26FN3O5/c25-22-15-19(23(29)26-31)4-5-20(22)16-28(24(30)27-8-12-33-13-9-27)21-3-1-2-18(14-21)17-6-10-32-11-7-17/h1-6,14-15,31H,7-13,16H2,(H,26,29). The van der Waals surface area contributed by atoms with E-state index in [2.05, 4.69) is 0 Å². The van der Waals surface area contributed by atoms with Gasteiger partial charge in [-0.05, 0) is 41.8 Å². The molecule has 4 rings (SSSR count). The van der Waals surface area contributed by atoms with Crippen molar-refractivity contribution >= 4 is 23.2 Å². The van der Waals surface area contributed by atoms with E-state index in [4.69, 9.17) is 14.7 Å². The van der Waals surface area contributed by atoms with E-state index in [0.29, 0.717) is 45.2 Å². The summed E-state index contributed by atoms with van der Waals surface area (Å²) in [6.45, 7) is 2.98. The van der Waals surface area contributed by atoms with Crippen LogP contribution in [0.15, 0.2) is 48.5 Å². The average molecular weight is 455 g/mol. The molecule has 2 aromatic rings. The van der Waals surface area contributed by atoms with Gasteiger partial charge < -0.3 is 14.4 Å². The van der Waals surface area contributed by atoms with Crippen LogP contribution in [-0.2, 0) is 16.0 Å². The van der Waals surface area contributed by atoms with E-state index in [1.54, 1.807) is 9.80 Å². The summed E-state index contributed by atoms with van der Waals surface area (Å²) in [6, 6.07) is 11.3. The highest BCUT2D eigenvalue weighted by Gasteiger charge is 2.26. The van der Waals surface area contributed by atoms with Crippen molar-refractivity contribution in [2.45, 2.75) is 13.0 Å². The maximum atomic E-state index is 14.8. The Morgan fingerprint density at radius 3 is 2.61 bits per heavy atom. The average Bonchev–Trinajstić information content (AvgIpc) is 2.88. The molecule has 0 saturated carbocycles. The van der Waals surface area contributed by atoms with Crippen molar-refractivity contribution in [3.8, 4) is 0 Å². The number of halogens is 1. The monoisotopic (exact) mass is 455 g/mol. The van der Waals surface area contributed by atoms with Gasteiger partial charge >= 0.3 is 6.03 Å². The van der Waals surface area contributed by atoms with Crippen LogP contribution in [0.5, 0.6) is 0 Å². The van der Waals surface area contributed by atoms with E-state index in [9.17, 15) is 14.0 Å². The molecule has 2 aliphatic heterocycles. The van der Waals surface area contributed by atoms with E-state index in [-0.39, 0.29) is 23.7 Å². The Labute approximate surface area is 191 Å². The Morgan fingerprint density at radius 2 is 1.91 bits per heavy atom. The molecule has 8 nitrogen and oxygen atoms in total. The lowest BCUT2D eigenvalue weighted by atomic mass is 10.0. The number of carbonyl (C=O) groups is 2. The van der Waals surface area contributed by atoms with Gasteiger partial charge in [0.05, 0.1) is 33.0 Å². The fraction of sp³-hybridized carbons (Fsp3) is 0.333. The number of ether oxygens (including phenoxy) is 2. The molecule has 174 valence electrons. The molecule has 0 aliphatic carbocycles. The number of nitrogens with one attached hydrogen (secondary N) is 1. The van der Waals surface area contributed by atoms with Crippen molar-refractivity contribution in [2.24, 2.45) is 0 Å². The predicted molar refractivity (Wildman–Crippen MR) is 119 cm³/mol. The summed E-state index contributed by atoms with van der Waals surface area (Å²) in [6.07, 6.45) is 2.81. The van der Waals surface area contributed by atoms with Gasteiger partial charge in [-0.15, -0.1) is 0 Å². The van der Waals surface area contributed by atoms with Crippen LogP contribution in [-0.4, -0.2) is 61.6 Å². The number of amides is 3. The Balaban J connectivity index is 1.66. The first-order valence-corrected chi connectivity index (χ1v) is 10.8. The fourth-order valence-corrected chi connectivity index (χ4v) is 3.91. The van der Waals surface area contributed by atoms with Crippen molar-refractivity contribution in [1.29, 1.82) is 0 Å². The summed E-state index contributed by atoms with van der Waals surface area (Å²) >= 11 is 0. The molecule has 0 spiro atoms. The largest absolute Gasteiger partial charge is 0.378 e. The van der Waals surface area contributed by atoms with Crippen LogP contribution in [0.4, 0.5) is 14.9 Å². The van der Waals surface area contributed by atoms with E-state index < -0.39 is 11.7 Å². The van der Waals surface area contributed by atoms with Gasteiger partial charge in [0.2, 0.25) is 0 Å². The summed E-state index contributed by atoms with van der Waals surface area (Å²) in [5, 5.41) is 8.79. The summed E-state index contributed by atoms with van der Waals surface area (Å²) in [4.78, 5) is 28.3. The van der Waals surface area contributed by atoms with E-state index >= 15 is 0 Å². The number of hydrogen-bond acceptors (Lipinski definition) is 5. The number of nitrogens with zero attached hydrogens (tertiary/aromatic N) is 2. The normalized spacial score (nSPS) is 16.2. The van der Waals surface area contributed by atoms with Gasteiger partial charge in [-0.2, -0.15) is 0 Å². The molecule has 9 heteroatoms. The smallest absolute Gasteiger partial charge is 0.324 e. The maximum Gasteiger partial charge on any atom is 0.324 e. The molecular weight excluding hydrogens is 429 g/mol. The minimum Gasteiger partial charge on any atom is -0.378 e. The van der Waals surface area contributed by atoms with Gasteiger partial charge in [-0.25, -0.2) is 14.7 Å². The minimum atomic E-state index is -0.806. The zero-order valence-corrected chi connectivity index (χ0v) is 18.1. The third kappa shape index (κ3) is 5.39. The molecule has 1 saturated heterocycles. The number of rotatable bonds is 5. The second-order valence-electron chi connectivity index (χ2n) is 7.82. The number of urea groups is 1. The molecule has 2 N–H and O–H groups in total. The lowest BCUT2D eigenvalue weighted by Crippen LogP contribution is -2.48. The lowest BCUT2D eigenvalue weighted by molar-refractivity contribution is 0.0548. The van der Waals surface area contributed by atoms with Gasteiger partial charge in [0.1, 0.15) is 5.82 Å². The molecule has 0 unspecified atom stereocenters. The van der Waals surface area contributed by atoms with Crippen LogP contribution in [0.3, 0.4) is 0 Å². The highest BCUT2D eigenvalue weighted by Crippen LogP contribution is 2.28. The van der Waals surface area contributed by atoms with Crippen LogP contribution in [0, 0.1) is 5.82 Å². The Morgan fingerprint density at radius 1 is 1.09 bits per heavy atom. The van der Waals surface area contributed by atoms with Gasteiger partial charge in [-0.1, -0.05) is 24.3 Å². The Hall–Kier alpha value is -3.27. The van der Waals surface area contributed by atoms with Crippen molar-refractivity contribution in [3.63, 3.8) is 0 Å². The highest BCUT2D eigenvalue weighted by atomic mass is 19.1. The number of anilines is 1. The zero-order chi connectivity index (χ0) is 23.2. The first-order chi connectivity index (χ1) is 16.1. The summed E-state index contributed by atoms with van der Waals surface area (Å²) in [5.74, 6) is -1.45. The molecule has 2 heterocycles. The quantitative estimate of drug-likeness (QED) is 0.534. The van der Waals surface area contributed by atoms with E-state index in [1.165, 1.54) is 17.6 Å². The van der Waals surface area contributed by atoms with Gasteiger partial charge in [0, 0.05) is 29.9 Å². The third-order valence-electron chi connectivity index (χ3n) is 5.75. The van der Waals surface area contributed by atoms with Crippen molar-refractivity contribution < 1.29 is 28.7 Å². The van der Waals surface area contributed by atoms with Crippen molar-refractivity contribution in [3.05, 3.63) is 71.0 Å². The Bertz CT molecular complexity index is 1050. The third-order valence-corrected chi connectivity index (χ3v) is 5.75. The molecule has 33 heavy (non-hydrogen) atoms. The zero-order valence-electron chi connectivity index (χ0n) is 18.1. The van der Waals surface area contributed by atoms with Crippen molar-refractivity contribution in [2.75, 3.05) is 44.4 Å². The van der Waals surface area contributed by atoms with Gasteiger partial charge in [0.25, 0.3) is 5.91 Å². The van der Waals surface area contributed by atoms with Crippen molar-refractivity contribution in [1.82, 2.24) is 10.4 Å². The first kappa shape index (κ1) is 22.9. The SMILES string of the molecule is O=C(NO)c1ccc(CN(C(=O)N2CCOCC2)c2cccc(C3=CCOCC3)c2)c(F)c1. The maximum absolute atomic E-state index is 14.8. The lowest BCUT2D eigenvalue weighted by Gasteiger charge is -2.33. The van der Waals surface area contributed by atoms with Crippen LogP contribution >= 0.6 is 0 Å². The number of benzene rings is 2. The molecule has 3 amide bonds. The molecular formula is C24H26FN3O5. The van der Waals surface area contributed by atoms with Gasteiger partial charge in [0.15, 0.2) is 0 Å². The van der Waals surface area contributed by atoms with Gasteiger partial charge in [-0.3, -0.25) is 14.9 Å². The number of hydroxylamine groups is 1. The first-order valence-electron chi connectivity index (χ1n) is 10.8. The number of morpholine rings is 1. The fourth-order valence-electron chi connectivity index (χ4n) is 3.91. The molecule has 2 aliphatic rings. The summed E-state index contributed by atoms with van der Waals surface area (Å²) < 4.78 is 25.6. The van der Waals surface area contributed by atoms with Crippen LogP contribution in [0.1, 0.15) is 27.9 Å². The second kappa shape index (κ2) is 10.6. The number of hydrogen-bond donors (Lipinski definition) is 2. The highest BCUT2D eigenvalue weighted by molar-refractivity contribution is 5.94. The predicted octanol–water partition coefficient (Wildman–Crippen LogP) is 3.21. The molecule has 1 fully saturated rings. The summed E-state index contributed by atoms with van der Waals surface area (Å²) in [7, 11) is 0.